The number of anilines is 1. The van der Waals surface area contributed by atoms with Crippen molar-refractivity contribution in [2.24, 2.45) is 16.9 Å². The summed E-state index contributed by atoms with van der Waals surface area (Å²) in [5.74, 6) is 1.59. The molecule has 26 heavy (non-hydrogen) atoms. The molecule has 1 N–H and O–H groups in total. The quantitative estimate of drug-likeness (QED) is 0.795. The van der Waals surface area contributed by atoms with E-state index in [1.54, 1.807) is 0 Å². The number of likely N-dealkylation sites (tertiary alicyclic amines) is 1. The molecule has 0 bridgehead atoms. The number of carbonyl (C=O) groups is 1. The first-order valence-corrected chi connectivity index (χ1v) is 9.93. The SMILES string of the molecule is CC1=NN(c2ccc(C(=O)NCCCN3CC(C)CC(C)C3)cc2)CC1. The second-order valence-corrected chi connectivity index (χ2v) is 8.07. The van der Waals surface area contributed by atoms with Gasteiger partial charge in [0.15, 0.2) is 0 Å². The van der Waals surface area contributed by atoms with Crippen molar-refractivity contribution in [3.63, 3.8) is 0 Å². The van der Waals surface area contributed by atoms with Gasteiger partial charge in [0.25, 0.3) is 5.91 Å². The molecule has 0 aliphatic carbocycles. The highest BCUT2D eigenvalue weighted by molar-refractivity contribution is 5.94. The van der Waals surface area contributed by atoms with Crippen LogP contribution in [-0.2, 0) is 0 Å². The molecule has 2 heterocycles. The zero-order valence-corrected chi connectivity index (χ0v) is 16.4. The number of piperidine rings is 1. The molecule has 1 aromatic carbocycles. The second-order valence-electron chi connectivity index (χ2n) is 8.07. The molecule has 2 aliphatic heterocycles. The molecule has 5 heteroatoms. The number of nitrogens with zero attached hydrogens (tertiary/aromatic N) is 3. The number of amides is 1. The van der Waals surface area contributed by atoms with Gasteiger partial charge in [-0.2, -0.15) is 5.10 Å². The van der Waals surface area contributed by atoms with E-state index in [1.807, 2.05) is 36.2 Å². The molecule has 0 spiro atoms. The van der Waals surface area contributed by atoms with Crippen LogP contribution in [0.15, 0.2) is 29.4 Å². The molecule has 0 aromatic heterocycles. The highest BCUT2D eigenvalue weighted by atomic mass is 16.1. The average Bonchev–Trinajstić information content (AvgIpc) is 3.04. The maximum atomic E-state index is 12.3. The molecule has 142 valence electrons. The van der Waals surface area contributed by atoms with Crippen molar-refractivity contribution in [2.45, 2.75) is 40.0 Å². The van der Waals surface area contributed by atoms with Crippen molar-refractivity contribution in [1.29, 1.82) is 0 Å². The van der Waals surface area contributed by atoms with Crippen molar-refractivity contribution < 1.29 is 4.79 Å². The maximum absolute atomic E-state index is 12.3. The van der Waals surface area contributed by atoms with Crippen LogP contribution in [0.2, 0.25) is 0 Å². The van der Waals surface area contributed by atoms with Crippen LogP contribution in [0.4, 0.5) is 5.69 Å². The van der Waals surface area contributed by atoms with Gasteiger partial charge in [0.1, 0.15) is 0 Å². The number of hydrazone groups is 1. The molecule has 2 atom stereocenters. The van der Waals surface area contributed by atoms with Gasteiger partial charge in [0.05, 0.1) is 5.69 Å². The summed E-state index contributed by atoms with van der Waals surface area (Å²) in [5, 5.41) is 9.54. The van der Waals surface area contributed by atoms with Crippen molar-refractivity contribution in [1.82, 2.24) is 10.2 Å². The van der Waals surface area contributed by atoms with E-state index >= 15 is 0 Å². The van der Waals surface area contributed by atoms with E-state index in [-0.39, 0.29) is 5.91 Å². The Kier molecular flexibility index (Phi) is 6.30. The maximum Gasteiger partial charge on any atom is 0.251 e. The number of hydrogen-bond donors (Lipinski definition) is 1. The number of benzene rings is 1. The Bertz CT molecular complexity index is 630. The van der Waals surface area contributed by atoms with Gasteiger partial charge in [-0.05, 0) is 62.4 Å². The molecule has 5 nitrogen and oxygen atoms in total. The topological polar surface area (TPSA) is 47.9 Å². The largest absolute Gasteiger partial charge is 0.352 e. The van der Waals surface area contributed by atoms with Crippen LogP contribution in [0.3, 0.4) is 0 Å². The van der Waals surface area contributed by atoms with Gasteiger partial charge in [-0.1, -0.05) is 13.8 Å². The zero-order valence-electron chi connectivity index (χ0n) is 16.4. The molecular weight excluding hydrogens is 324 g/mol. The van der Waals surface area contributed by atoms with Gasteiger partial charge in [0.2, 0.25) is 0 Å². The van der Waals surface area contributed by atoms with Crippen LogP contribution in [0.5, 0.6) is 0 Å². The Balaban J connectivity index is 1.41. The van der Waals surface area contributed by atoms with Crippen LogP contribution in [0.1, 0.15) is 50.4 Å². The van der Waals surface area contributed by atoms with Crippen LogP contribution >= 0.6 is 0 Å². The van der Waals surface area contributed by atoms with Crippen molar-refractivity contribution in [2.75, 3.05) is 37.7 Å². The zero-order chi connectivity index (χ0) is 18.5. The minimum absolute atomic E-state index is 0.0121. The molecule has 1 fully saturated rings. The molecule has 2 aliphatic rings. The number of nitrogens with one attached hydrogen (secondary N) is 1. The standard InChI is InChI=1S/C21H32N4O/c1-16-13-17(2)15-24(14-16)11-4-10-22-21(26)19-5-7-20(8-6-19)25-12-9-18(3)23-25/h5-8,16-17H,4,9-15H2,1-3H3,(H,22,26). The van der Waals surface area contributed by atoms with Crippen LogP contribution < -0.4 is 10.3 Å². The number of rotatable bonds is 6. The molecular formula is C21H32N4O. The monoisotopic (exact) mass is 356 g/mol. The van der Waals surface area contributed by atoms with E-state index in [4.69, 9.17) is 0 Å². The molecule has 3 rings (SSSR count). The summed E-state index contributed by atoms with van der Waals surface area (Å²) in [4.78, 5) is 14.9. The Hall–Kier alpha value is -1.88. The van der Waals surface area contributed by atoms with Crippen molar-refractivity contribution >= 4 is 17.3 Å². The van der Waals surface area contributed by atoms with Crippen LogP contribution in [0.25, 0.3) is 0 Å². The summed E-state index contributed by atoms with van der Waals surface area (Å²) in [6, 6.07) is 7.74. The van der Waals surface area contributed by atoms with Crippen LogP contribution in [0, 0.1) is 11.8 Å². The smallest absolute Gasteiger partial charge is 0.251 e. The Morgan fingerprint density at radius 3 is 2.50 bits per heavy atom. The molecule has 1 aromatic rings. The first-order chi connectivity index (χ1) is 12.5. The minimum Gasteiger partial charge on any atom is -0.352 e. The van der Waals surface area contributed by atoms with Gasteiger partial charge in [0, 0.05) is 43.9 Å². The molecule has 0 radical (unpaired) electrons. The lowest BCUT2D eigenvalue weighted by atomic mass is 9.92. The lowest BCUT2D eigenvalue weighted by molar-refractivity contribution is 0.0947. The average molecular weight is 357 g/mol. The Labute approximate surface area is 157 Å². The third-order valence-corrected chi connectivity index (χ3v) is 5.29. The highest BCUT2D eigenvalue weighted by Gasteiger charge is 2.21. The first kappa shape index (κ1) is 18.9. The van der Waals surface area contributed by atoms with Crippen molar-refractivity contribution in [3.8, 4) is 0 Å². The summed E-state index contributed by atoms with van der Waals surface area (Å²) in [5.41, 5.74) is 2.92. The summed E-state index contributed by atoms with van der Waals surface area (Å²) in [7, 11) is 0. The fourth-order valence-corrected chi connectivity index (χ4v) is 4.13. The summed E-state index contributed by atoms with van der Waals surface area (Å²) < 4.78 is 0. The summed E-state index contributed by atoms with van der Waals surface area (Å²) in [6.45, 7) is 11.8. The molecule has 0 saturated carbocycles. The predicted octanol–water partition coefficient (Wildman–Crippen LogP) is 3.37. The van der Waals surface area contributed by atoms with E-state index < -0.39 is 0 Å². The van der Waals surface area contributed by atoms with Gasteiger partial charge in [-0.25, -0.2) is 0 Å². The molecule has 2 unspecified atom stereocenters. The third-order valence-electron chi connectivity index (χ3n) is 5.29. The van der Waals surface area contributed by atoms with E-state index in [2.05, 4.69) is 29.2 Å². The van der Waals surface area contributed by atoms with E-state index in [9.17, 15) is 4.79 Å². The fourth-order valence-electron chi connectivity index (χ4n) is 4.13. The normalized spacial score (nSPS) is 23.8. The van der Waals surface area contributed by atoms with Gasteiger partial charge < -0.3 is 10.2 Å². The lowest BCUT2D eigenvalue weighted by Gasteiger charge is -2.34. The van der Waals surface area contributed by atoms with Gasteiger partial charge >= 0.3 is 0 Å². The van der Waals surface area contributed by atoms with E-state index in [1.165, 1.54) is 19.5 Å². The number of carbonyl (C=O) groups excluding carboxylic acids is 1. The Morgan fingerprint density at radius 2 is 1.88 bits per heavy atom. The van der Waals surface area contributed by atoms with E-state index in [0.717, 1.165) is 55.7 Å². The van der Waals surface area contributed by atoms with Gasteiger partial charge in [-0.15, -0.1) is 0 Å². The van der Waals surface area contributed by atoms with Gasteiger partial charge in [-0.3, -0.25) is 9.80 Å². The first-order valence-electron chi connectivity index (χ1n) is 9.93. The number of hydrogen-bond acceptors (Lipinski definition) is 4. The summed E-state index contributed by atoms with van der Waals surface area (Å²) >= 11 is 0. The van der Waals surface area contributed by atoms with Crippen molar-refractivity contribution in [3.05, 3.63) is 29.8 Å². The minimum atomic E-state index is 0.0121. The fraction of sp³-hybridized carbons (Fsp3) is 0.619. The highest BCUT2D eigenvalue weighted by Crippen LogP contribution is 2.21. The second kappa shape index (κ2) is 8.67. The predicted molar refractivity (Wildman–Crippen MR) is 108 cm³/mol. The molecule has 1 amide bonds. The molecule has 1 saturated heterocycles. The summed E-state index contributed by atoms with van der Waals surface area (Å²) in [6.07, 6.45) is 3.35. The Morgan fingerprint density at radius 1 is 1.19 bits per heavy atom. The third kappa shape index (κ3) is 5.07. The lowest BCUT2D eigenvalue weighted by Crippen LogP contribution is -2.40. The van der Waals surface area contributed by atoms with Crippen LogP contribution in [-0.4, -0.2) is 49.2 Å². The van der Waals surface area contributed by atoms with E-state index in [0.29, 0.717) is 5.56 Å².